The Bertz CT molecular complexity index is 903. The van der Waals surface area contributed by atoms with Crippen molar-refractivity contribution in [2.24, 2.45) is 46.3 Å². The van der Waals surface area contributed by atoms with E-state index in [0.29, 0.717) is 24.2 Å². The quantitative estimate of drug-likeness (QED) is 0.186. The minimum absolute atomic E-state index is 0.105. The number of ether oxygens (including phenoxy) is 1. The van der Waals surface area contributed by atoms with Crippen LogP contribution < -0.4 is 0 Å². The summed E-state index contributed by atoms with van der Waals surface area (Å²) in [7, 11) is 0. The molecular weight excluding hydrogens is 508 g/mol. The normalized spacial score (nSPS) is 39.3. The Morgan fingerprint density at radius 2 is 1.70 bits per heavy atom. The first-order valence-electron chi connectivity index (χ1n) is 16.1. The van der Waals surface area contributed by atoms with Crippen molar-refractivity contribution in [3.8, 4) is 0 Å². The maximum Gasteiger partial charge on any atom is 0.338 e. The molecule has 40 heavy (non-hydrogen) atoms. The van der Waals surface area contributed by atoms with Crippen molar-refractivity contribution in [3.63, 3.8) is 0 Å². The smallest absolute Gasteiger partial charge is 0.338 e. The molecule has 230 valence electrons. The molecule has 0 amide bonds. The highest BCUT2D eigenvalue weighted by atomic mass is 16.6. The third-order valence-corrected chi connectivity index (χ3v) is 12.0. The van der Waals surface area contributed by atoms with Crippen LogP contribution in [0.1, 0.15) is 105 Å². The number of carbonyl (C=O) groups excluding carboxylic acids is 1. The first kappa shape index (κ1) is 31.9. The highest BCUT2D eigenvalue weighted by Crippen LogP contribution is 2.67. The van der Waals surface area contributed by atoms with Gasteiger partial charge in [0, 0.05) is 6.42 Å². The van der Waals surface area contributed by atoms with Crippen LogP contribution in [-0.4, -0.2) is 68.6 Å². The molecule has 4 aliphatic carbocycles. The number of carbonyl (C=O) groups is 1. The molecule has 5 N–H and O–H groups in total. The number of fused-ring (bicyclic) bond motifs is 5. The summed E-state index contributed by atoms with van der Waals surface area (Å²) in [6.45, 7) is 11.4. The molecule has 12 atom stereocenters. The number of aliphatic hydroxyl groups excluding tert-OH is 5. The Morgan fingerprint density at radius 3 is 2.38 bits per heavy atom. The zero-order valence-corrected chi connectivity index (χ0v) is 25.5. The van der Waals surface area contributed by atoms with Gasteiger partial charge in [-0.2, -0.15) is 0 Å². The summed E-state index contributed by atoms with van der Waals surface area (Å²) in [6.07, 6.45) is 7.29. The van der Waals surface area contributed by atoms with Gasteiger partial charge in [0.1, 0.15) is 24.4 Å². The monoisotopic (exact) mass is 564 g/mol. The molecule has 0 aromatic rings. The van der Waals surface area contributed by atoms with Gasteiger partial charge in [0.25, 0.3) is 0 Å². The SMILES string of the molecule is CC(C)CCC[C@@H](C)[C@H]1CC[C@H]2[C@@H]3CC=C4CC(OC(=O)[C@H](O)[C@@H](O)[C@H](O)[C@H](O)CO)CC[C@]4(C)[C@H]3CC[C@]12C. The third kappa shape index (κ3) is 6.06. The summed E-state index contributed by atoms with van der Waals surface area (Å²) in [4.78, 5) is 12.6. The van der Waals surface area contributed by atoms with Gasteiger partial charge in [-0.05, 0) is 91.3 Å². The highest BCUT2D eigenvalue weighted by Gasteiger charge is 2.59. The molecular formula is C33H56O7. The molecule has 1 unspecified atom stereocenters. The van der Waals surface area contributed by atoms with Crippen LogP contribution in [0, 0.1) is 46.3 Å². The Balaban J connectivity index is 1.38. The van der Waals surface area contributed by atoms with Gasteiger partial charge >= 0.3 is 5.97 Å². The second-order valence-corrected chi connectivity index (χ2v) is 14.8. The Labute approximate surface area is 241 Å². The molecule has 0 bridgehead atoms. The van der Waals surface area contributed by atoms with Crippen molar-refractivity contribution in [1.29, 1.82) is 0 Å². The molecule has 4 aliphatic rings. The number of esters is 1. The fourth-order valence-electron chi connectivity index (χ4n) is 9.65. The van der Waals surface area contributed by atoms with Crippen LogP contribution in [0.3, 0.4) is 0 Å². The number of aliphatic hydroxyl groups is 5. The van der Waals surface area contributed by atoms with Gasteiger partial charge in [0.2, 0.25) is 0 Å². The van der Waals surface area contributed by atoms with E-state index in [0.717, 1.165) is 42.4 Å². The Morgan fingerprint density at radius 1 is 0.975 bits per heavy atom. The molecule has 0 aromatic heterocycles. The second-order valence-electron chi connectivity index (χ2n) is 14.8. The minimum atomic E-state index is -1.99. The molecule has 3 fully saturated rings. The number of hydrogen-bond donors (Lipinski definition) is 5. The summed E-state index contributed by atoms with van der Waals surface area (Å²) in [6, 6.07) is 0. The van der Waals surface area contributed by atoms with Crippen LogP contribution in [0.4, 0.5) is 0 Å². The van der Waals surface area contributed by atoms with E-state index in [1.165, 1.54) is 50.5 Å². The van der Waals surface area contributed by atoms with Crippen molar-refractivity contribution in [2.75, 3.05) is 6.61 Å². The second kappa shape index (κ2) is 12.7. The lowest BCUT2D eigenvalue weighted by Crippen LogP contribution is -2.52. The Kier molecular flexibility index (Phi) is 10.1. The lowest BCUT2D eigenvalue weighted by molar-refractivity contribution is -0.177. The van der Waals surface area contributed by atoms with Crippen LogP contribution >= 0.6 is 0 Å². The van der Waals surface area contributed by atoms with E-state index >= 15 is 0 Å². The van der Waals surface area contributed by atoms with Gasteiger partial charge in [-0.25, -0.2) is 4.79 Å². The average molecular weight is 565 g/mol. The predicted octanol–water partition coefficient (Wildman–Crippen LogP) is 4.38. The lowest BCUT2D eigenvalue weighted by atomic mass is 9.47. The summed E-state index contributed by atoms with van der Waals surface area (Å²) < 4.78 is 5.60. The molecule has 4 rings (SSSR count). The van der Waals surface area contributed by atoms with E-state index in [-0.39, 0.29) is 11.5 Å². The number of rotatable bonds is 11. The zero-order valence-electron chi connectivity index (χ0n) is 25.5. The van der Waals surface area contributed by atoms with Crippen LogP contribution in [0.25, 0.3) is 0 Å². The van der Waals surface area contributed by atoms with Crippen LogP contribution in [0.2, 0.25) is 0 Å². The molecule has 0 radical (unpaired) electrons. The molecule has 0 saturated heterocycles. The zero-order chi connectivity index (χ0) is 29.4. The summed E-state index contributed by atoms with van der Waals surface area (Å²) in [5.74, 6) is 3.56. The van der Waals surface area contributed by atoms with Crippen LogP contribution in [0.15, 0.2) is 11.6 Å². The van der Waals surface area contributed by atoms with Crippen LogP contribution in [0.5, 0.6) is 0 Å². The molecule has 0 spiro atoms. The summed E-state index contributed by atoms with van der Waals surface area (Å²) >= 11 is 0. The molecule has 7 heteroatoms. The van der Waals surface area contributed by atoms with Crippen molar-refractivity contribution < 1.29 is 35.1 Å². The van der Waals surface area contributed by atoms with Gasteiger partial charge < -0.3 is 30.3 Å². The maximum atomic E-state index is 12.6. The topological polar surface area (TPSA) is 127 Å². The largest absolute Gasteiger partial charge is 0.460 e. The van der Waals surface area contributed by atoms with Gasteiger partial charge in [0.05, 0.1) is 6.61 Å². The fraction of sp³-hybridized carbons (Fsp3) is 0.909. The first-order valence-corrected chi connectivity index (χ1v) is 16.1. The van der Waals surface area contributed by atoms with Crippen molar-refractivity contribution in [2.45, 2.75) is 136 Å². The van der Waals surface area contributed by atoms with E-state index < -0.39 is 37.0 Å². The standard InChI is InChI=1S/C33H56O7/c1-19(2)7-6-8-20(3)24-11-12-25-23-10-9-21-17-22(13-15-32(21,4)26(23)14-16-33(24,25)5)40-31(39)30(38)29(37)28(36)27(35)18-34/h9,19-20,22-30,34-38H,6-8,10-18H2,1-5H3/t20-,22?,23+,24-,25+,26+,27-,28-,29+,30-,32+,33-/m1/s1. The maximum absolute atomic E-state index is 12.6. The summed E-state index contributed by atoms with van der Waals surface area (Å²) in [5, 5.41) is 48.7. The predicted molar refractivity (Wildman–Crippen MR) is 154 cm³/mol. The Hall–Kier alpha value is -0.990. The van der Waals surface area contributed by atoms with E-state index in [1.807, 2.05) is 0 Å². The molecule has 7 nitrogen and oxygen atoms in total. The van der Waals surface area contributed by atoms with E-state index in [4.69, 9.17) is 9.84 Å². The van der Waals surface area contributed by atoms with Crippen molar-refractivity contribution >= 4 is 5.97 Å². The third-order valence-electron chi connectivity index (χ3n) is 12.0. The average Bonchev–Trinajstić information content (AvgIpc) is 3.28. The first-order chi connectivity index (χ1) is 18.8. The van der Waals surface area contributed by atoms with Crippen LogP contribution in [-0.2, 0) is 9.53 Å². The fourth-order valence-corrected chi connectivity index (χ4v) is 9.65. The van der Waals surface area contributed by atoms with Gasteiger partial charge in [-0.3, -0.25) is 0 Å². The molecule has 0 aliphatic heterocycles. The minimum Gasteiger partial charge on any atom is -0.460 e. The van der Waals surface area contributed by atoms with Gasteiger partial charge in [0.15, 0.2) is 6.10 Å². The van der Waals surface area contributed by atoms with E-state index in [2.05, 4.69) is 40.7 Å². The van der Waals surface area contributed by atoms with E-state index in [9.17, 15) is 25.2 Å². The molecule has 0 aromatic carbocycles. The highest BCUT2D eigenvalue weighted by molar-refractivity contribution is 5.75. The number of allylic oxidation sites excluding steroid dienone is 1. The van der Waals surface area contributed by atoms with Gasteiger partial charge in [-0.1, -0.05) is 65.5 Å². The van der Waals surface area contributed by atoms with Gasteiger partial charge in [-0.15, -0.1) is 0 Å². The van der Waals surface area contributed by atoms with Crippen molar-refractivity contribution in [1.82, 2.24) is 0 Å². The van der Waals surface area contributed by atoms with E-state index in [1.54, 1.807) is 0 Å². The molecule has 3 saturated carbocycles. The number of hydrogen-bond acceptors (Lipinski definition) is 7. The lowest BCUT2D eigenvalue weighted by Gasteiger charge is -2.58. The molecule has 0 heterocycles. The van der Waals surface area contributed by atoms with Crippen molar-refractivity contribution in [3.05, 3.63) is 11.6 Å². The summed E-state index contributed by atoms with van der Waals surface area (Å²) in [5.41, 5.74) is 1.91.